The molecule has 0 bridgehead atoms. The van der Waals surface area contributed by atoms with Crippen molar-refractivity contribution in [2.24, 2.45) is 0 Å². The van der Waals surface area contributed by atoms with E-state index in [0.29, 0.717) is 18.2 Å². The smallest absolute Gasteiger partial charge is 0.132 e. The summed E-state index contributed by atoms with van der Waals surface area (Å²) in [4.78, 5) is 8.54. The minimum atomic E-state index is 0.224. The molecule has 0 fully saturated rings. The number of aryl methyl sites for hydroxylation is 1. The Labute approximate surface area is 126 Å². The van der Waals surface area contributed by atoms with E-state index in [1.807, 2.05) is 31.2 Å². The Balaban J connectivity index is 2.05. The van der Waals surface area contributed by atoms with Gasteiger partial charge in [0.15, 0.2) is 0 Å². The van der Waals surface area contributed by atoms with Gasteiger partial charge < -0.3 is 10.6 Å². The van der Waals surface area contributed by atoms with E-state index in [4.69, 9.17) is 5.26 Å². The number of nitrogens with zero attached hydrogens (tertiary/aromatic N) is 3. The molecule has 0 saturated heterocycles. The third-order valence-electron chi connectivity index (χ3n) is 2.55. The van der Waals surface area contributed by atoms with Gasteiger partial charge in [0, 0.05) is 17.1 Å². The van der Waals surface area contributed by atoms with Gasteiger partial charge in [-0.1, -0.05) is 28.1 Å². The standard InChI is InChI=1S/C14H14BrN5/c1-10-19-13(17-6-5-16)8-14(20-10)18-9-11-3-2-4-12(15)7-11/h2-4,7-8H,6,9H2,1H3,(H2,17,18,19,20). The molecule has 0 spiro atoms. The summed E-state index contributed by atoms with van der Waals surface area (Å²) < 4.78 is 1.05. The summed E-state index contributed by atoms with van der Waals surface area (Å²) in [6, 6.07) is 11.9. The summed E-state index contributed by atoms with van der Waals surface area (Å²) in [6.45, 7) is 2.72. The van der Waals surface area contributed by atoms with E-state index in [1.165, 1.54) is 0 Å². The maximum absolute atomic E-state index is 8.57. The summed E-state index contributed by atoms with van der Waals surface area (Å²) in [5.74, 6) is 2.04. The molecular formula is C14H14BrN5. The van der Waals surface area contributed by atoms with Crippen LogP contribution < -0.4 is 10.6 Å². The highest BCUT2D eigenvalue weighted by atomic mass is 79.9. The van der Waals surface area contributed by atoms with Crippen LogP contribution in [0.1, 0.15) is 11.4 Å². The monoisotopic (exact) mass is 331 g/mol. The zero-order chi connectivity index (χ0) is 14.4. The first-order chi connectivity index (χ1) is 9.67. The maximum Gasteiger partial charge on any atom is 0.132 e. The second-order valence-corrected chi connectivity index (χ2v) is 5.10. The largest absolute Gasteiger partial charge is 0.366 e. The lowest BCUT2D eigenvalue weighted by molar-refractivity contribution is 1.02. The first-order valence-electron chi connectivity index (χ1n) is 6.12. The number of rotatable bonds is 5. The van der Waals surface area contributed by atoms with Crippen molar-refractivity contribution in [1.29, 1.82) is 5.26 Å². The lowest BCUT2D eigenvalue weighted by atomic mass is 10.2. The van der Waals surface area contributed by atoms with Crippen molar-refractivity contribution < 1.29 is 0 Å². The Hall–Kier alpha value is -2.13. The van der Waals surface area contributed by atoms with Gasteiger partial charge in [0.05, 0.1) is 6.07 Å². The predicted molar refractivity (Wildman–Crippen MR) is 82.3 cm³/mol. The highest BCUT2D eigenvalue weighted by Crippen LogP contribution is 2.15. The maximum atomic E-state index is 8.57. The van der Waals surface area contributed by atoms with Gasteiger partial charge in [0.25, 0.3) is 0 Å². The van der Waals surface area contributed by atoms with Crippen molar-refractivity contribution in [2.45, 2.75) is 13.5 Å². The average molecular weight is 332 g/mol. The Morgan fingerprint density at radius 1 is 1.20 bits per heavy atom. The van der Waals surface area contributed by atoms with Crippen LogP contribution in [0.15, 0.2) is 34.8 Å². The van der Waals surface area contributed by atoms with Crippen LogP contribution in [0.4, 0.5) is 11.6 Å². The van der Waals surface area contributed by atoms with Crippen LogP contribution in [-0.4, -0.2) is 16.5 Å². The van der Waals surface area contributed by atoms with Gasteiger partial charge in [-0.2, -0.15) is 5.26 Å². The van der Waals surface area contributed by atoms with E-state index in [9.17, 15) is 0 Å². The molecule has 102 valence electrons. The van der Waals surface area contributed by atoms with Crippen molar-refractivity contribution in [3.05, 3.63) is 46.2 Å². The summed E-state index contributed by atoms with van der Waals surface area (Å²) in [5, 5.41) is 14.7. The number of nitrogens with one attached hydrogen (secondary N) is 2. The highest BCUT2D eigenvalue weighted by molar-refractivity contribution is 9.10. The molecule has 0 atom stereocenters. The fraction of sp³-hybridized carbons (Fsp3) is 0.214. The van der Waals surface area contributed by atoms with Crippen LogP contribution in [0.5, 0.6) is 0 Å². The second-order valence-electron chi connectivity index (χ2n) is 4.18. The Morgan fingerprint density at radius 2 is 1.95 bits per heavy atom. The average Bonchev–Trinajstić information content (AvgIpc) is 2.42. The van der Waals surface area contributed by atoms with Gasteiger partial charge in [-0.15, -0.1) is 0 Å². The fourth-order valence-electron chi connectivity index (χ4n) is 1.72. The molecule has 5 nitrogen and oxygen atoms in total. The van der Waals surface area contributed by atoms with Crippen LogP contribution in [0, 0.1) is 18.3 Å². The van der Waals surface area contributed by atoms with Crippen LogP contribution >= 0.6 is 15.9 Å². The quantitative estimate of drug-likeness (QED) is 0.823. The molecule has 1 aromatic heterocycles. The summed E-state index contributed by atoms with van der Waals surface area (Å²) in [7, 11) is 0. The van der Waals surface area contributed by atoms with Crippen LogP contribution in [0.25, 0.3) is 0 Å². The third kappa shape index (κ3) is 4.21. The van der Waals surface area contributed by atoms with Crippen molar-refractivity contribution >= 4 is 27.6 Å². The Bertz CT molecular complexity index is 636. The van der Waals surface area contributed by atoms with Gasteiger partial charge in [0.2, 0.25) is 0 Å². The van der Waals surface area contributed by atoms with Gasteiger partial charge in [-0.3, -0.25) is 0 Å². The van der Waals surface area contributed by atoms with E-state index in [1.54, 1.807) is 6.07 Å². The van der Waals surface area contributed by atoms with Crippen LogP contribution in [-0.2, 0) is 6.54 Å². The van der Waals surface area contributed by atoms with Crippen LogP contribution in [0.3, 0.4) is 0 Å². The lowest BCUT2D eigenvalue weighted by Crippen LogP contribution is -2.07. The fourth-order valence-corrected chi connectivity index (χ4v) is 2.17. The number of hydrogen-bond acceptors (Lipinski definition) is 5. The van der Waals surface area contributed by atoms with Crippen molar-refractivity contribution in [3.63, 3.8) is 0 Å². The normalized spacial score (nSPS) is 9.85. The number of aromatic nitrogens is 2. The third-order valence-corrected chi connectivity index (χ3v) is 3.04. The second kappa shape index (κ2) is 6.87. The number of nitriles is 1. The Morgan fingerprint density at radius 3 is 2.65 bits per heavy atom. The zero-order valence-electron chi connectivity index (χ0n) is 11.0. The van der Waals surface area contributed by atoms with Crippen LogP contribution in [0.2, 0.25) is 0 Å². The number of hydrogen-bond donors (Lipinski definition) is 2. The Kier molecular flexibility index (Phi) is 4.91. The number of halogens is 1. The molecule has 0 aliphatic heterocycles. The van der Waals surface area contributed by atoms with Gasteiger partial charge in [0.1, 0.15) is 24.0 Å². The predicted octanol–water partition coefficient (Wildman–Crippen LogP) is 3.10. The van der Waals surface area contributed by atoms with Gasteiger partial charge in [-0.25, -0.2) is 9.97 Å². The summed E-state index contributed by atoms with van der Waals surface area (Å²) >= 11 is 3.45. The van der Waals surface area contributed by atoms with E-state index in [2.05, 4.69) is 42.6 Å². The molecule has 0 aliphatic rings. The molecule has 2 N–H and O–H groups in total. The minimum absolute atomic E-state index is 0.224. The van der Waals surface area contributed by atoms with E-state index >= 15 is 0 Å². The molecule has 0 aliphatic carbocycles. The van der Waals surface area contributed by atoms with E-state index in [-0.39, 0.29) is 6.54 Å². The molecule has 1 aromatic carbocycles. The van der Waals surface area contributed by atoms with E-state index in [0.717, 1.165) is 15.9 Å². The van der Waals surface area contributed by atoms with Crippen molar-refractivity contribution in [2.75, 3.05) is 17.2 Å². The lowest BCUT2D eigenvalue weighted by Gasteiger charge is -2.09. The van der Waals surface area contributed by atoms with Gasteiger partial charge >= 0.3 is 0 Å². The summed E-state index contributed by atoms with van der Waals surface area (Å²) in [5.41, 5.74) is 1.15. The molecular weight excluding hydrogens is 318 g/mol. The number of benzene rings is 1. The molecule has 2 aromatic rings. The molecule has 6 heteroatoms. The molecule has 0 unspecified atom stereocenters. The molecule has 0 saturated carbocycles. The zero-order valence-corrected chi connectivity index (χ0v) is 12.6. The van der Waals surface area contributed by atoms with Gasteiger partial charge in [-0.05, 0) is 24.6 Å². The number of anilines is 2. The van der Waals surface area contributed by atoms with Crippen molar-refractivity contribution in [1.82, 2.24) is 9.97 Å². The first-order valence-corrected chi connectivity index (χ1v) is 6.91. The van der Waals surface area contributed by atoms with Crippen molar-refractivity contribution in [3.8, 4) is 6.07 Å². The molecule has 2 rings (SSSR count). The highest BCUT2D eigenvalue weighted by Gasteiger charge is 2.02. The minimum Gasteiger partial charge on any atom is -0.366 e. The topological polar surface area (TPSA) is 73.6 Å². The van der Waals surface area contributed by atoms with E-state index < -0.39 is 0 Å². The molecule has 0 radical (unpaired) electrons. The molecule has 0 amide bonds. The summed E-state index contributed by atoms with van der Waals surface area (Å²) in [6.07, 6.45) is 0. The SMILES string of the molecule is Cc1nc(NCC#N)cc(NCc2cccc(Br)c2)n1. The first kappa shape index (κ1) is 14.3. The molecule has 1 heterocycles. The molecule has 20 heavy (non-hydrogen) atoms.